The summed E-state index contributed by atoms with van der Waals surface area (Å²) in [7, 11) is 0. The third kappa shape index (κ3) is 5.43. The predicted molar refractivity (Wildman–Crippen MR) is 267 cm³/mol. The van der Waals surface area contributed by atoms with E-state index < -0.39 is 0 Å². The van der Waals surface area contributed by atoms with Crippen molar-refractivity contribution in [1.82, 2.24) is 9.13 Å². The maximum absolute atomic E-state index is 2.49. The third-order valence-corrected chi connectivity index (χ3v) is 14.2. The molecule has 0 saturated carbocycles. The zero-order valence-corrected chi connectivity index (χ0v) is 34.7. The first-order chi connectivity index (χ1) is 30.7. The van der Waals surface area contributed by atoms with E-state index in [1.54, 1.807) is 0 Å². The molecule has 0 aliphatic heterocycles. The largest absolute Gasteiger partial charge is 0.313 e. The van der Waals surface area contributed by atoms with Gasteiger partial charge in [0.1, 0.15) is 0 Å². The molecule has 3 heterocycles. The molecule has 1 aliphatic carbocycles. The highest BCUT2D eigenvalue weighted by Crippen LogP contribution is 2.44. The summed E-state index contributed by atoms with van der Waals surface area (Å²) >= 11 is 1.87. The van der Waals surface area contributed by atoms with Crippen LogP contribution in [-0.2, 0) is 0 Å². The lowest BCUT2D eigenvalue weighted by molar-refractivity contribution is 0.992. The Bertz CT molecular complexity index is 3800. The number of benzene rings is 9. The van der Waals surface area contributed by atoms with E-state index in [4.69, 9.17) is 0 Å². The fourth-order valence-corrected chi connectivity index (χ4v) is 11.3. The van der Waals surface area contributed by atoms with Gasteiger partial charge in [-0.3, -0.25) is 0 Å². The minimum atomic E-state index is 0.964. The van der Waals surface area contributed by atoms with Gasteiger partial charge in [-0.25, -0.2) is 0 Å². The van der Waals surface area contributed by atoms with E-state index in [1.165, 1.54) is 91.4 Å². The van der Waals surface area contributed by atoms with Crippen LogP contribution in [0.4, 0.5) is 17.1 Å². The summed E-state index contributed by atoms with van der Waals surface area (Å²) in [6.45, 7) is 0. The molecule has 0 spiro atoms. The molecule has 3 aromatic heterocycles. The van der Waals surface area contributed by atoms with Crippen molar-refractivity contribution in [3.8, 4) is 5.69 Å². The second kappa shape index (κ2) is 14.0. The van der Waals surface area contributed by atoms with Crippen molar-refractivity contribution in [1.29, 1.82) is 0 Å². The molecule has 9 aromatic carbocycles. The fourth-order valence-electron chi connectivity index (χ4n) is 10.2. The summed E-state index contributed by atoms with van der Waals surface area (Å²) in [6, 6.07) is 73.6. The lowest BCUT2D eigenvalue weighted by Crippen LogP contribution is -2.10. The summed E-state index contributed by atoms with van der Waals surface area (Å²) < 4.78 is 7.48. The molecule has 1 aliphatic rings. The van der Waals surface area contributed by atoms with E-state index in [2.05, 4.69) is 226 Å². The molecule has 0 saturated heterocycles. The molecule has 0 N–H and O–H groups in total. The highest BCUT2D eigenvalue weighted by Gasteiger charge is 2.21. The Morgan fingerprint density at radius 3 is 1.84 bits per heavy atom. The average Bonchev–Trinajstić information content (AvgIpc) is 4.00. The number of aromatic nitrogens is 2. The molecule has 0 unspecified atom stereocenters. The van der Waals surface area contributed by atoms with Crippen molar-refractivity contribution in [2.45, 2.75) is 12.8 Å². The van der Waals surface area contributed by atoms with Crippen LogP contribution in [0.3, 0.4) is 0 Å². The molecule has 0 bridgehead atoms. The Kier molecular flexibility index (Phi) is 7.91. The predicted octanol–water partition coefficient (Wildman–Crippen LogP) is 16.6. The van der Waals surface area contributed by atoms with Crippen molar-refractivity contribution < 1.29 is 0 Å². The minimum Gasteiger partial charge on any atom is -0.313 e. The number of rotatable bonds is 6. The van der Waals surface area contributed by atoms with Crippen LogP contribution in [0.25, 0.3) is 91.5 Å². The van der Waals surface area contributed by atoms with Crippen molar-refractivity contribution in [3.05, 3.63) is 218 Å². The van der Waals surface area contributed by atoms with Gasteiger partial charge in [-0.1, -0.05) is 127 Å². The molecule has 0 radical (unpaired) electrons. The number of nitrogens with zero attached hydrogens (tertiary/aromatic N) is 3. The standard InChI is InChI=1S/C58H39N3S/c1-2-13-41(14-3-1)60-52-19-9-6-16-47(52)51-36-44(32-35-54(51)60)59(45-31-33-49-48-17-8-11-21-56(48)62-57(49)37-45)42-27-22-38(23-28-42)39-24-29-43(30-25-39)61-53-20-10-7-18-50(53)58-46-15-5-4-12-40(46)26-34-55(58)61/h1-24,26-29,31-37H,25,30H2. The number of hydrogen-bond acceptors (Lipinski definition) is 2. The van der Waals surface area contributed by atoms with Crippen LogP contribution in [-0.4, -0.2) is 9.13 Å². The first-order valence-corrected chi connectivity index (χ1v) is 22.3. The van der Waals surface area contributed by atoms with E-state index in [1.807, 2.05) is 11.3 Å². The van der Waals surface area contributed by atoms with Gasteiger partial charge in [0.25, 0.3) is 0 Å². The summed E-state index contributed by atoms with van der Waals surface area (Å²) in [6.07, 6.45) is 6.63. The van der Waals surface area contributed by atoms with Crippen molar-refractivity contribution >= 4 is 114 Å². The number of allylic oxidation sites excluding steroid dienone is 4. The number of anilines is 3. The molecule has 0 fully saturated rings. The van der Waals surface area contributed by atoms with Crippen molar-refractivity contribution in [2.75, 3.05) is 4.90 Å². The highest BCUT2D eigenvalue weighted by molar-refractivity contribution is 7.25. The number of hydrogen-bond donors (Lipinski definition) is 0. The van der Waals surface area contributed by atoms with Gasteiger partial charge in [0.2, 0.25) is 0 Å². The van der Waals surface area contributed by atoms with Gasteiger partial charge in [0.15, 0.2) is 0 Å². The number of fused-ring (bicyclic) bond motifs is 11. The maximum atomic E-state index is 2.49. The van der Waals surface area contributed by atoms with Crippen LogP contribution in [0.15, 0.2) is 212 Å². The molecular formula is C58H39N3S. The van der Waals surface area contributed by atoms with Crippen LogP contribution >= 0.6 is 11.3 Å². The lowest BCUT2D eigenvalue weighted by Gasteiger charge is -2.26. The molecule has 0 amide bonds. The maximum Gasteiger partial charge on any atom is 0.0544 e. The second-order valence-corrected chi connectivity index (χ2v) is 17.5. The lowest BCUT2D eigenvalue weighted by atomic mass is 9.95. The van der Waals surface area contributed by atoms with E-state index in [0.29, 0.717) is 0 Å². The fraction of sp³-hybridized carbons (Fsp3) is 0.0345. The molecule has 0 atom stereocenters. The van der Waals surface area contributed by atoms with Crippen LogP contribution in [0, 0.1) is 0 Å². The Morgan fingerprint density at radius 1 is 0.387 bits per heavy atom. The highest BCUT2D eigenvalue weighted by atomic mass is 32.1. The van der Waals surface area contributed by atoms with Crippen LogP contribution in [0.5, 0.6) is 0 Å². The Labute approximate surface area is 362 Å². The zero-order chi connectivity index (χ0) is 40.7. The SMILES string of the molecule is C1=C(c2ccc(N(c3ccc4c(c3)sc3ccccc34)c3ccc4c(c3)c3ccccc3n4-c3ccccc3)cc2)CCC(n2c3ccccc3c3c4ccccc4ccc32)=C1. The molecule has 3 nitrogen and oxygen atoms in total. The van der Waals surface area contributed by atoms with E-state index >= 15 is 0 Å². The smallest absolute Gasteiger partial charge is 0.0544 e. The molecule has 4 heteroatoms. The second-order valence-electron chi connectivity index (χ2n) is 16.4. The van der Waals surface area contributed by atoms with E-state index in [9.17, 15) is 0 Å². The molecule has 62 heavy (non-hydrogen) atoms. The van der Waals surface area contributed by atoms with E-state index in [0.717, 1.165) is 35.6 Å². The van der Waals surface area contributed by atoms with Gasteiger partial charge in [-0.15, -0.1) is 11.3 Å². The van der Waals surface area contributed by atoms with Crippen LogP contribution in [0.1, 0.15) is 18.4 Å². The summed E-state index contributed by atoms with van der Waals surface area (Å²) in [4.78, 5) is 2.43. The number of para-hydroxylation sites is 3. The molecule has 292 valence electrons. The van der Waals surface area contributed by atoms with Gasteiger partial charge in [-0.05, 0) is 120 Å². The normalized spacial score (nSPS) is 13.2. The van der Waals surface area contributed by atoms with Gasteiger partial charge < -0.3 is 14.0 Å². The summed E-state index contributed by atoms with van der Waals surface area (Å²) in [5.41, 5.74) is 13.5. The van der Waals surface area contributed by atoms with Crippen LogP contribution < -0.4 is 4.90 Å². The zero-order valence-electron chi connectivity index (χ0n) is 33.9. The average molecular weight is 810 g/mol. The number of thiophene rings is 1. The molecule has 13 rings (SSSR count). The Hall–Kier alpha value is -7.66. The molecule has 12 aromatic rings. The Balaban J connectivity index is 0.917. The third-order valence-electron chi connectivity index (χ3n) is 13.0. The van der Waals surface area contributed by atoms with Crippen molar-refractivity contribution in [2.24, 2.45) is 0 Å². The van der Waals surface area contributed by atoms with Gasteiger partial charge in [0, 0.05) is 70.2 Å². The van der Waals surface area contributed by atoms with Gasteiger partial charge in [0.05, 0.1) is 22.1 Å². The van der Waals surface area contributed by atoms with Gasteiger partial charge >= 0.3 is 0 Å². The molecular weight excluding hydrogens is 771 g/mol. The first kappa shape index (κ1) is 35.1. The Morgan fingerprint density at radius 2 is 1.02 bits per heavy atom. The van der Waals surface area contributed by atoms with Gasteiger partial charge in [-0.2, -0.15) is 0 Å². The summed E-state index contributed by atoms with van der Waals surface area (Å²) in [5.74, 6) is 0. The van der Waals surface area contributed by atoms with Crippen molar-refractivity contribution in [3.63, 3.8) is 0 Å². The summed E-state index contributed by atoms with van der Waals surface area (Å²) in [5, 5.41) is 10.3. The van der Waals surface area contributed by atoms with E-state index in [-0.39, 0.29) is 0 Å². The quantitative estimate of drug-likeness (QED) is 0.163. The minimum absolute atomic E-state index is 0.964. The monoisotopic (exact) mass is 809 g/mol. The topological polar surface area (TPSA) is 13.1 Å². The van der Waals surface area contributed by atoms with Crippen LogP contribution in [0.2, 0.25) is 0 Å². The first-order valence-electron chi connectivity index (χ1n) is 21.5.